The van der Waals surface area contributed by atoms with Gasteiger partial charge in [-0.3, -0.25) is 0 Å². The molecule has 2 fully saturated rings. The summed E-state index contributed by atoms with van der Waals surface area (Å²) in [6, 6.07) is -0.428. The Kier molecular flexibility index (Phi) is 3.72. The van der Waals surface area contributed by atoms with Crippen molar-refractivity contribution in [2.75, 3.05) is 26.0 Å². The number of hydrogen-bond donors (Lipinski definition) is 3. The predicted molar refractivity (Wildman–Crippen MR) is 67.8 cm³/mol. The van der Waals surface area contributed by atoms with Crippen molar-refractivity contribution >= 4 is 23.8 Å². The summed E-state index contributed by atoms with van der Waals surface area (Å²) in [7, 11) is 0. The number of urea groups is 1. The van der Waals surface area contributed by atoms with Gasteiger partial charge in [0, 0.05) is 24.3 Å². The Morgan fingerprint density at radius 1 is 1.39 bits per heavy atom. The molecule has 0 radical (unpaired) electrons. The van der Waals surface area contributed by atoms with E-state index in [1.54, 1.807) is 11.8 Å². The highest BCUT2D eigenvalue weighted by Gasteiger charge is 2.45. The molecule has 0 bridgehead atoms. The quantitative estimate of drug-likeness (QED) is 0.676. The average Bonchev–Trinajstić information content (AvgIpc) is 2.98. The molecular weight excluding hydrogens is 256 g/mol. The van der Waals surface area contributed by atoms with Gasteiger partial charge in [-0.15, -0.1) is 0 Å². The maximum Gasteiger partial charge on any atom is 0.332 e. The van der Waals surface area contributed by atoms with Gasteiger partial charge >= 0.3 is 12.0 Å². The second-order valence-corrected chi connectivity index (χ2v) is 6.16. The van der Waals surface area contributed by atoms with Crippen molar-refractivity contribution in [1.29, 1.82) is 0 Å². The van der Waals surface area contributed by atoms with Crippen molar-refractivity contribution in [2.24, 2.45) is 0 Å². The monoisotopic (exact) mass is 274 g/mol. The van der Waals surface area contributed by atoms with Crippen LogP contribution in [0.4, 0.5) is 4.79 Å². The summed E-state index contributed by atoms with van der Waals surface area (Å²) in [5.74, 6) is -1.04. The molecule has 102 valence electrons. The Labute approximate surface area is 110 Å². The zero-order valence-corrected chi connectivity index (χ0v) is 11.1. The minimum Gasteiger partial charge on any atom is -0.479 e. The molecule has 2 aliphatic rings. The lowest BCUT2D eigenvalue weighted by atomic mass is 9.99. The summed E-state index contributed by atoms with van der Waals surface area (Å²) in [5, 5.41) is 14.5. The summed E-state index contributed by atoms with van der Waals surface area (Å²) < 4.78 is 5.24. The highest BCUT2D eigenvalue weighted by molar-refractivity contribution is 8.00. The second kappa shape index (κ2) is 4.97. The van der Waals surface area contributed by atoms with Crippen LogP contribution in [-0.2, 0) is 9.53 Å². The zero-order chi connectivity index (χ0) is 13.2. The van der Waals surface area contributed by atoms with Crippen molar-refractivity contribution in [3.8, 4) is 0 Å². The fourth-order valence-electron chi connectivity index (χ4n) is 1.98. The molecule has 0 spiro atoms. The number of carbonyl (C=O) groups is 2. The van der Waals surface area contributed by atoms with Crippen LogP contribution in [0.3, 0.4) is 0 Å². The number of rotatable bonds is 5. The summed E-state index contributed by atoms with van der Waals surface area (Å²) in [6.45, 7) is 0.974. The van der Waals surface area contributed by atoms with Crippen molar-refractivity contribution < 1.29 is 19.4 Å². The van der Waals surface area contributed by atoms with Gasteiger partial charge < -0.3 is 20.5 Å². The lowest BCUT2D eigenvalue weighted by Gasteiger charge is -2.24. The van der Waals surface area contributed by atoms with Gasteiger partial charge in [0.15, 0.2) is 5.54 Å². The number of nitrogens with one attached hydrogen (secondary N) is 2. The largest absolute Gasteiger partial charge is 0.479 e. The van der Waals surface area contributed by atoms with Crippen LogP contribution < -0.4 is 10.6 Å². The number of aliphatic carboxylic acids is 1. The Hall–Kier alpha value is -0.950. The number of ether oxygens (including phenoxy) is 1. The summed E-state index contributed by atoms with van der Waals surface area (Å²) >= 11 is 1.74. The fraction of sp³-hybridized carbons (Fsp3) is 0.818. The van der Waals surface area contributed by atoms with E-state index in [2.05, 4.69) is 10.6 Å². The fourth-order valence-corrected chi connectivity index (χ4v) is 2.71. The van der Waals surface area contributed by atoms with Crippen LogP contribution in [0.1, 0.15) is 19.3 Å². The van der Waals surface area contributed by atoms with Crippen molar-refractivity contribution in [3.63, 3.8) is 0 Å². The third-order valence-electron chi connectivity index (χ3n) is 3.60. The lowest BCUT2D eigenvalue weighted by molar-refractivity contribution is -0.144. The van der Waals surface area contributed by atoms with Crippen molar-refractivity contribution in [3.05, 3.63) is 0 Å². The predicted octanol–water partition coefficient (Wildman–Crippen LogP) is 0.425. The molecule has 1 unspecified atom stereocenters. The topological polar surface area (TPSA) is 87.7 Å². The minimum absolute atomic E-state index is 0.0312. The smallest absolute Gasteiger partial charge is 0.332 e. The van der Waals surface area contributed by atoms with E-state index in [0.29, 0.717) is 19.6 Å². The molecule has 7 heteroatoms. The molecule has 3 N–H and O–H groups in total. The third-order valence-corrected chi connectivity index (χ3v) is 5.01. The molecule has 1 saturated carbocycles. The van der Waals surface area contributed by atoms with E-state index in [4.69, 9.17) is 4.74 Å². The van der Waals surface area contributed by atoms with Gasteiger partial charge in [0.2, 0.25) is 0 Å². The number of carboxylic acid groups (broad SMARTS) is 1. The SMILES string of the molecule is CSC1(CNC(=O)NC2(C(=O)O)CCOC2)CC1. The van der Waals surface area contributed by atoms with E-state index in [-0.39, 0.29) is 11.4 Å². The highest BCUT2D eigenvalue weighted by atomic mass is 32.2. The standard InChI is InChI=1S/C11H18N2O4S/c1-18-10(2-3-10)6-12-9(16)13-11(8(14)15)4-5-17-7-11/h2-7H2,1H3,(H,14,15)(H2,12,13,16). The number of carboxylic acids is 1. The lowest BCUT2D eigenvalue weighted by Crippen LogP contribution is -2.58. The van der Waals surface area contributed by atoms with Crippen molar-refractivity contribution in [2.45, 2.75) is 29.5 Å². The molecule has 2 rings (SSSR count). The zero-order valence-electron chi connectivity index (χ0n) is 10.3. The highest BCUT2D eigenvalue weighted by Crippen LogP contribution is 2.46. The van der Waals surface area contributed by atoms with Gasteiger partial charge in [-0.2, -0.15) is 11.8 Å². The van der Waals surface area contributed by atoms with Gasteiger partial charge in [0.05, 0.1) is 6.61 Å². The van der Waals surface area contributed by atoms with Crippen molar-refractivity contribution in [1.82, 2.24) is 10.6 Å². The number of carbonyl (C=O) groups excluding carboxylic acids is 1. The van der Waals surface area contributed by atoms with Gasteiger partial charge in [-0.25, -0.2) is 9.59 Å². The summed E-state index contributed by atoms with van der Waals surface area (Å²) in [4.78, 5) is 23.0. The van der Waals surface area contributed by atoms with E-state index < -0.39 is 17.5 Å². The normalized spacial score (nSPS) is 28.7. The second-order valence-electron chi connectivity index (χ2n) is 4.88. The van der Waals surface area contributed by atoms with E-state index in [1.807, 2.05) is 6.26 Å². The van der Waals surface area contributed by atoms with Crippen LogP contribution in [0.2, 0.25) is 0 Å². The van der Waals surface area contributed by atoms with E-state index in [9.17, 15) is 14.7 Å². The molecule has 1 heterocycles. The van der Waals surface area contributed by atoms with Gasteiger partial charge in [0.1, 0.15) is 0 Å². The third kappa shape index (κ3) is 2.72. The van der Waals surface area contributed by atoms with Crippen LogP contribution >= 0.6 is 11.8 Å². The molecule has 1 saturated heterocycles. The molecule has 18 heavy (non-hydrogen) atoms. The Morgan fingerprint density at radius 3 is 2.56 bits per heavy atom. The Bertz CT molecular complexity index is 351. The molecule has 2 amide bonds. The maximum atomic E-state index is 11.7. The van der Waals surface area contributed by atoms with Gasteiger partial charge in [-0.1, -0.05) is 0 Å². The van der Waals surface area contributed by atoms with Crippen LogP contribution in [0.15, 0.2) is 0 Å². The molecule has 1 aliphatic carbocycles. The van der Waals surface area contributed by atoms with Crippen LogP contribution in [0.5, 0.6) is 0 Å². The first kappa shape index (κ1) is 13.5. The van der Waals surface area contributed by atoms with E-state index >= 15 is 0 Å². The van der Waals surface area contributed by atoms with Crippen LogP contribution in [-0.4, -0.2) is 53.4 Å². The van der Waals surface area contributed by atoms with Crippen LogP contribution in [0, 0.1) is 0 Å². The number of amides is 2. The Morgan fingerprint density at radius 2 is 2.11 bits per heavy atom. The first-order valence-corrected chi connectivity index (χ1v) is 7.17. The molecule has 0 aromatic carbocycles. The average molecular weight is 274 g/mol. The van der Waals surface area contributed by atoms with Gasteiger partial charge in [0.25, 0.3) is 0 Å². The van der Waals surface area contributed by atoms with Crippen LogP contribution in [0.25, 0.3) is 0 Å². The first-order valence-electron chi connectivity index (χ1n) is 5.94. The Balaban J connectivity index is 1.84. The molecule has 1 aliphatic heterocycles. The van der Waals surface area contributed by atoms with E-state index in [1.165, 1.54) is 0 Å². The number of hydrogen-bond acceptors (Lipinski definition) is 4. The molecule has 1 atom stereocenters. The first-order chi connectivity index (χ1) is 8.52. The maximum absolute atomic E-state index is 11.7. The molecule has 0 aromatic heterocycles. The minimum atomic E-state index is -1.26. The summed E-state index contributed by atoms with van der Waals surface area (Å²) in [6.07, 6.45) is 4.53. The molecule has 6 nitrogen and oxygen atoms in total. The number of thioether (sulfide) groups is 1. The molecule has 0 aromatic rings. The molecular formula is C11H18N2O4S. The summed E-state index contributed by atoms with van der Waals surface area (Å²) in [5.41, 5.74) is -1.26. The van der Waals surface area contributed by atoms with Gasteiger partial charge in [-0.05, 0) is 19.1 Å². The van der Waals surface area contributed by atoms with E-state index in [0.717, 1.165) is 12.8 Å².